The second-order valence-electron chi connectivity index (χ2n) is 8.18. The summed E-state index contributed by atoms with van der Waals surface area (Å²) in [6.45, 7) is 3.72. The molecule has 3 N–H and O–H groups in total. The molecule has 0 saturated carbocycles. The van der Waals surface area contributed by atoms with E-state index in [1.165, 1.54) is 0 Å². The van der Waals surface area contributed by atoms with E-state index in [1.807, 2.05) is 4.90 Å². The van der Waals surface area contributed by atoms with Crippen molar-refractivity contribution < 1.29 is 14.6 Å². The van der Waals surface area contributed by atoms with Crippen LogP contribution in [0.1, 0.15) is 41.0 Å². The van der Waals surface area contributed by atoms with Crippen molar-refractivity contribution in [3.63, 3.8) is 0 Å². The van der Waals surface area contributed by atoms with E-state index in [9.17, 15) is 9.90 Å². The number of nitrogens with zero attached hydrogens (tertiary/aromatic N) is 4. The second-order valence-corrected chi connectivity index (χ2v) is 8.18. The van der Waals surface area contributed by atoms with Crippen molar-refractivity contribution in [2.45, 2.75) is 32.1 Å². The second kappa shape index (κ2) is 9.62. The topological polar surface area (TPSA) is 105 Å². The molecule has 0 aromatic carbocycles. The van der Waals surface area contributed by atoms with E-state index in [1.54, 1.807) is 7.11 Å². The fourth-order valence-corrected chi connectivity index (χ4v) is 4.47. The molecule has 1 aromatic heterocycles. The number of piperidine rings is 1. The van der Waals surface area contributed by atoms with Gasteiger partial charge in [0, 0.05) is 51.2 Å². The number of nitrogen functional groups attached to an aromatic ring is 1. The third-order valence-electron chi connectivity index (χ3n) is 5.82. The van der Waals surface area contributed by atoms with Gasteiger partial charge in [0.1, 0.15) is 5.69 Å². The summed E-state index contributed by atoms with van der Waals surface area (Å²) in [6.07, 6.45) is 4.73. The largest absolute Gasteiger partial charge is 0.396 e. The van der Waals surface area contributed by atoms with Gasteiger partial charge in [-0.15, -0.1) is 0 Å². The summed E-state index contributed by atoms with van der Waals surface area (Å²) in [6, 6.07) is 0. The number of fused-ring (bicyclic) bond motifs is 1. The van der Waals surface area contributed by atoms with Crippen molar-refractivity contribution >= 4 is 11.9 Å². The van der Waals surface area contributed by atoms with Crippen molar-refractivity contribution in [3.8, 4) is 0 Å². The molecule has 2 aliphatic rings. The minimum absolute atomic E-state index is 0.0741. The van der Waals surface area contributed by atoms with Gasteiger partial charge in [-0.05, 0) is 51.0 Å². The van der Waals surface area contributed by atoms with Gasteiger partial charge in [0.25, 0.3) is 5.91 Å². The number of rotatable bonds is 7. The summed E-state index contributed by atoms with van der Waals surface area (Å²) in [5, 5.41) is 9.77. The normalized spacial score (nSPS) is 22.4. The number of methoxy groups -OCH3 is 1. The number of likely N-dealkylation sites (N-methyl/N-ethyl adjacent to an activating group) is 1. The molecule has 0 unspecified atom stereocenters. The van der Waals surface area contributed by atoms with Crippen LogP contribution in [0.2, 0.25) is 0 Å². The van der Waals surface area contributed by atoms with Crippen molar-refractivity contribution in [2.75, 3.05) is 59.3 Å². The smallest absolute Gasteiger partial charge is 0.272 e. The molecule has 2 atom stereocenters. The number of anilines is 1. The maximum Gasteiger partial charge on any atom is 0.272 e. The summed E-state index contributed by atoms with van der Waals surface area (Å²) >= 11 is 0. The summed E-state index contributed by atoms with van der Waals surface area (Å²) in [4.78, 5) is 26.1. The van der Waals surface area contributed by atoms with Gasteiger partial charge in [-0.1, -0.05) is 0 Å². The van der Waals surface area contributed by atoms with Crippen LogP contribution in [0.4, 0.5) is 5.95 Å². The number of carbonyl (C=O) groups excluding carboxylic acids is 1. The lowest BCUT2D eigenvalue weighted by atomic mass is 9.88. The highest BCUT2D eigenvalue weighted by molar-refractivity contribution is 5.94. The number of hydrogen-bond donors (Lipinski definition) is 2. The maximum absolute atomic E-state index is 13.4. The third-order valence-corrected chi connectivity index (χ3v) is 5.82. The predicted octanol–water partition coefficient (Wildman–Crippen LogP) is 0.586. The lowest BCUT2D eigenvalue weighted by Gasteiger charge is -2.39. The first kappa shape index (κ1) is 21.0. The molecule has 156 valence electrons. The fraction of sp³-hybridized carbons (Fsp3) is 0.750. The standard InChI is InChI=1S/C20H33N5O3/c1-24(7-8-28-2)10-14-9-15(13-26)12-25(11-14)19(27)18-16-5-3-4-6-17(16)22-20(21)23-18/h14-15,26H,3-13H2,1-2H3,(H2,21,22,23)/t14-,15+/m0/s1. The molecule has 1 amide bonds. The monoisotopic (exact) mass is 391 g/mol. The number of likely N-dealkylation sites (tertiary alicyclic amines) is 1. The first-order valence-electron chi connectivity index (χ1n) is 10.2. The Morgan fingerprint density at radius 2 is 2.04 bits per heavy atom. The number of aromatic nitrogens is 2. The third kappa shape index (κ3) is 4.98. The van der Waals surface area contributed by atoms with Crippen molar-refractivity contribution in [2.24, 2.45) is 11.8 Å². The molecule has 2 heterocycles. The number of ether oxygens (including phenoxy) is 1. The Morgan fingerprint density at radius 3 is 2.79 bits per heavy atom. The molecular formula is C20H33N5O3. The van der Waals surface area contributed by atoms with E-state index in [0.717, 1.165) is 56.5 Å². The van der Waals surface area contributed by atoms with Gasteiger partial charge < -0.3 is 25.4 Å². The highest BCUT2D eigenvalue weighted by atomic mass is 16.5. The number of aliphatic hydroxyl groups excluding tert-OH is 1. The van der Waals surface area contributed by atoms with Gasteiger partial charge in [-0.3, -0.25) is 4.79 Å². The van der Waals surface area contributed by atoms with Crippen molar-refractivity contribution in [1.82, 2.24) is 19.8 Å². The molecule has 28 heavy (non-hydrogen) atoms. The Balaban J connectivity index is 1.76. The van der Waals surface area contributed by atoms with Crippen LogP contribution in [0.15, 0.2) is 0 Å². The minimum Gasteiger partial charge on any atom is -0.396 e. The average molecular weight is 392 g/mol. The number of aliphatic hydroxyl groups is 1. The summed E-state index contributed by atoms with van der Waals surface area (Å²) in [7, 11) is 3.76. The molecule has 0 spiro atoms. The maximum atomic E-state index is 13.4. The zero-order valence-electron chi connectivity index (χ0n) is 17.1. The summed E-state index contributed by atoms with van der Waals surface area (Å²) < 4.78 is 5.15. The highest BCUT2D eigenvalue weighted by Gasteiger charge is 2.33. The lowest BCUT2D eigenvalue weighted by molar-refractivity contribution is 0.0444. The Labute approximate surface area is 167 Å². The molecule has 1 saturated heterocycles. The zero-order valence-corrected chi connectivity index (χ0v) is 17.1. The van der Waals surface area contributed by atoms with E-state index >= 15 is 0 Å². The Morgan fingerprint density at radius 1 is 1.29 bits per heavy atom. The molecule has 1 aromatic rings. The number of nitrogens with two attached hydrogens (primary N) is 1. The van der Waals surface area contributed by atoms with E-state index < -0.39 is 0 Å². The predicted molar refractivity (Wildman–Crippen MR) is 107 cm³/mol. The van der Waals surface area contributed by atoms with Crippen LogP contribution in [-0.4, -0.2) is 84.3 Å². The van der Waals surface area contributed by atoms with E-state index in [4.69, 9.17) is 10.5 Å². The number of amides is 1. The van der Waals surface area contributed by atoms with Crippen LogP contribution in [0.25, 0.3) is 0 Å². The van der Waals surface area contributed by atoms with Crippen LogP contribution in [-0.2, 0) is 17.6 Å². The van der Waals surface area contributed by atoms with Crippen molar-refractivity contribution in [1.29, 1.82) is 0 Å². The molecular weight excluding hydrogens is 358 g/mol. The van der Waals surface area contributed by atoms with Gasteiger partial charge in [-0.25, -0.2) is 9.97 Å². The molecule has 0 bridgehead atoms. The van der Waals surface area contributed by atoms with Crippen LogP contribution in [0, 0.1) is 11.8 Å². The minimum atomic E-state index is -0.0741. The Kier molecular flexibility index (Phi) is 7.20. The number of carbonyl (C=O) groups is 1. The Hall–Kier alpha value is -1.77. The van der Waals surface area contributed by atoms with Crippen LogP contribution in [0.5, 0.6) is 0 Å². The van der Waals surface area contributed by atoms with Gasteiger partial charge >= 0.3 is 0 Å². The van der Waals surface area contributed by atoms with E-state index in [2.05, 4.69) is 21.9 Å². The van der Waals surface area contributed by atoms with Crippen LogP contribution >= 0.6 is 0 Å². The summed E-state index contributed by atoms with van der Waals surface area (Å²) in [5.41, 5.74) is 8.24. The molecule has 0 radical (unpaired) electrons. The lowest BCUT2D eigenvalue weighted by Crippen LogP contribution is -2.48. The highest BCUT2D eigenvalue weighted by Crippen LogP contribution is 2.27. The van der Waals surface area contributed by atoms with Gasteiger partial charge in [0.2, 0.25) is 5.95 Å². The van der Waals surface area contributed by atoms with Gasteiger partial charge in [0.05, 0.1) is 6.61 Å². The SMILES string of the molecule is COCCN(C)C[C@@H]1C[C@@H](CO)CN(C(=O)c2nc(N)nc3c2CCCC3)C1. The van der Waals surface area contributed by atoms with Gasteiger partial charge in [0.15, 0.2) is 0 Å². The Bertz CT molecular complexity index is 684. The molecule has 8 nitrogen and oxygen atoms in total. The van der Waals surface area contributed by atoms with Crippen molar-refractivity contribution in [3.05, 3.63) is 17.0 Å². The zero-order chi connectivity index (χ0) is 20.1. The van der Waals surface area contributed by atoms with E-state index in [-0.39, 0.29) is 24.4 Å². The quantitative estimate of drug-likeness (QED) is 0.701. The van der Waals surface area contributed by atoms with E-state index in [0.29, 0.717) is 31.3 Å². The van der Waals surface area contributed by atoms with Crippen LogP contribution in [0.3, 0.4) is 0 Å². The average Bonchev–Trinajstić information content (AvgIpc) is 2.70. The number of hydrogen-bond acceptors (Lipinski definition) is 7. The molecule has 8 heteroatoms. The van der Waals surface area contributed by atoms with Crippen LogP contribution < -0.4 is 5.73 Å². The first-order chi connectivity index (χ1) is 13.5. The molecule has 3 rings (SSSR count). The fourth-order valence-electron chi connectivity index (χ4n) is 4.47. The van der Waals surface area contributed by atoms with Gasteiger partial charge in [-0.2, -0.15) is 0 Å². The summed E-state index contributed by atoms with van der Waals surface area (Å²) in [5.74, 6) is 0.505. The first-order valence-corrected chi connectivity index (χ1v) is 10.2. The molecule has 1 aliphatic carbocycles. The molecule has 1 aliphatic heterocycles. The number of aryl methyl sites for hydroxylation is 1. The molecule has 1 fully saturated rings.